The quantitative estimate of drug-likeness (QED) is 0.484. The zero-order valence-electron chi connectivity index (χ0n) is 6.89. The molecule has 0 fully saturated rings. The second kappa shape index (κ2) is 4.66. The Bertz CT molecular complexity index is 392. The van der Waals surface area contributed by atoms with Gasteiger partial charge in [0.05, 0.1) is 10.9 Å². The predicted molar refractivity (Wildman–Crippen MR) is 54.5 cm³/mol. The molecule has 0 N–H and O–H groups in total. The molecular formula is C9H5BrClFO2. The normalized spacial score (nSPS) is 9.93. The van der Waals surface area contributed by atoms with Gasteiger partial charge in [-0.15, -0.1) is 0 Å². The van der Waals surface area contributed by atoms with Gasteiger partial charge in [0.15, 0.2) is 0 Å². The van der Waals surface area contributed by atoms with E-state index in [1.165, 1.54) is 6.07 Å². The summed E-state index contributed by atoms with van der Waals surface area (Å²) in [6.45, 7) is 0. The number of carbonyl (C=O) groups excluding carboxylic acids is 2. The van der Waals surface area contributed by atoms with Crippen LogP contribution in [-0.2, 0) is 4.79 Å². The molecule has 0 aliphatic heterocycles. The van der Waals surface area contributed by atoms with E-state index in [9.17, 15) is 14.0 Å². The first-order chi connectivity index (χ1) is 6.56. The molecule has 0 aliphatic carbocycles. The SMILES string of the molecule is O=C(CBr)C(=O)c1cc(Cl)ccc1F. The highest BCUT2D eigenvalue weighted by Gasteiger charge is 2.18. The second-order valence-electron chi connectivity index (χ2n) is 2.51. The minimum Gasteiger partial charge on any atom is -0.290 e. The highest BCUT2D eigenvalue weighted by Crippen LogP contribution is 2.15. The lowest BCUT2D eigenvalue weighted by Gasteiger charge is -2.00. The standard InChI is InChI=1S/C9H5BrClFO2/c10-4-8(13)9(14)6-3-5(11)1-2-7(6)12/h1-3H,4H2. The molecule has 1 rings (SSSR count). The lowest BCUT2D eigenvalue weighted by molar-refractivity contribution is -0.112. The van der Waals surface area contributed by atoms with Crippen LogP contribution < -0.4 is 0 Å². The third kappa shape index (κ3) is 2.39. The Morgan fingerprint density at radius 3 is 2.64 bits per heavy atom. The van der Waals surface area contributed by atoms with Crippen molar-refractivity contribution in [3.8, 4) is 0 Å². The van der Waals surface area contributed by atoms with Gasteiger partial charge in [0.1, 0.15) is 5.82 Å². The summed E-state index contributed by atoms with van der Waals surface area (Å²) < 4.78 is 13.1. The Kier molecular flexibility index (Phi) is 3.77. The molecule has 14 heavy (non-hydrogen) atoms. The van der Waals surface area contributed by atoms with Crippen LogP contribution in [0.4, 0.5) is 4.39 Å². The summed E-state index contributed by atoms with van der Waals surface area (Å²) in [6, 6.07) is 3.50. The topological polar surface area (TPSA) is 34.1 Å². The average molecular weight is 279 g/mol. The maximum absolute atomic E-state index is 13.1. The first-order valence-corrected chi connectivity index (χ1v) is 5.14. The molecule has 74 valence electrons. The number of rotatable bonds is 3. The molecule has 0 saturated carbocycles. The molecule has 0 aromatic heterocycles. The van der Waals surface area contributed by atoms with Gasteiger partial charge in [-0.3, -0.25) is 9.59 Å². The largest absolute Gasteiger partial charge is 0.290 e. The molecule has 0 bridgehead atoms. The van der Waals surface area contributed by atoms with E-state index in [0.29, 0.717) is 0 Å². The molecule has 2 nitrogen and oxygen atoms in total. The average Bonchev–Trinajstić information content (AvgIpc) is 2.19. The molecule has 1 aromatic carbocycles. The van der Waals surface area contributed by atoms with Gasteiger partial charge >= 0.3 is 0 Å². The second-order valence-corrected chi connectivity index (χ2v) is 3.51. The number of benzene rings is 1. The molecule has 0 saturated heterocycles. The Morgan fingerprint density at radius 1 is 1.43 bits per heavy atom. The van der Waals surface area contributed by atoms with Crippen LogP contribution in [0.5, 0.6) is 0 Å². The summed E-state index contributed by atoms with van der Waals surface area (Å²) in [6.07, 6.45) is 0. The van der Waals surface area contributed by atoms with Gasteiger partial charge < -0.3 is 0 Å². The molecule has 0 spiro atoms. The van der Waals surface area contributed by atoms with Gasteiger partial charge in [0.2, 0.25) is 11.6 Å². The number of halogens is 3. The summed E-state index contributed by atoms with van der Waals surface area (Å²) in [4.78, 5) is 22.2. The Hall–Kier alpha value is -0.740. The van der Waals surface area contributed by atoms with Crippen molar-refractivity contribution in [1.29, 1.82) is 0 Å². The van der Waals surface area contributed by atoms with E-state index in [4.69, 9.17) is 11.6 Å². The molecule has 0 amide bonds. The van der Waals surface area contributed by atoms with Crippen molar-refractivity contribution in [2.24, 2.45) is 0 Å². The highest BCUT2D eigenvalue weighted by atomic mass is 79.9. The first kappa shape index (κ1) is 11.3. The monoisotopic (exact) mass is 278 g/mol. The summed E-state index contributed by atoms with van der Waals surface area (Å²) in [5.41, 5.74) is -0.290. The fraction of sp³-hybridized carbons (Fsp3) is 0.111. The maximum Gasteiger partial charge on any atom is 0.232 e. The number of Topliss-reactive ketones (excluding diaryl/α,β-unsaturated/α-hetero) is 2. The lowest BCUT2D eigenvalue weighted by atomic mass is 10.1. The number of hydrogen-bond acceptors (Lipinski definition) is 2. The fourth-order valence-electron chi connectivity index (χ4n) is 0.882. The van der Waals surface area contributed by atoms with Crippen LogP contribution in [0.2, 0.25) is 5.02 Å². The first-order valence-electron chi connectivity index (χ1n) is 3.65. The van der Waals surface area contributed by atoms with E-state index < -0.39 is 17.4 Å². The number of alkyl halides is 1. The summed E-state index contributed by atoms with van der Waals surface area (Å²) in [7, 11) is 0. The summed E-state index contributed by atoms with van der Waals surface area (Å²) >= 11 is 8.40. The third-order valence-corrected chi connectivity index (χ3v) is 2.29. The van der Waals surface area contributed by atoms with Crippen molar-refractivity contribution >= 4 is 39.1 Å². The van der Waals surface area contributed by atoms with E-state index in [0.717, 1.165) is 12.1 Å². The smallest absolute Gasteiger partial charge is 0.232 e. The van der Waals surface area contributed by atoms with Crippen LogP contribution in [0.1, 0.15) is 10.4 Å². The molecule has 1 aromatic rings. The maximum atomic E-state index is 13.1. The fourth-order valence-corrected chi connectivity index (χ4v) is 1.31. The van der Waals surface area contributed by atoms with Gasteiger partial charge in [-0.2, -0.15) is 0 Å². The van der Waals surface area contributed by atoms with Crippen molar-refractivity contribution in [1.82, 2.24) is 0 Å². The lowest BCUT2D eigenvalue weighted by Crippen LogP contribution is -2.16. The summed E-state index contributed by atoms with van der Waals surface area (Å²) in [5.74, 6) is -2.32. The Balaban J connectivity index is 3.12. The van der Waals surface area contributed by atoms with Crippen molar-refractivity contribution in [3.05, 3.63) is 34.6 Å². The third-order valence-electron chi connectivity index (χ3n) is 1.55. The van der Waals surface area contributed by atoms with E-state index in [2.05, 4.69) is 15.9 Å². The molecule has 0 unspecified atom stereocenters. The van der Waals surface area contributed by atoms with Crippen molar-refractivity contribution < 1.29 is 14.0 Å². The van der Waals surface area contributed by atoms with Crippen LogP contribution >= 0.6 is 27.5 Å². The molecule has 0 heterocycles. The van der Waals surface area contributed by atoms with Crippen molar-refractivity contribution in [3.63, 3.8) is 0 Å². The minimum atomic E-state index is -0.873. The van der Waals surface area contributed by atoms with E-state index in [-0.39, 0.29) is 15.9 Å². The van der Waals surface area contributed by atoms with Crippen molar-refractivity contribution in [2.75, 3.05) is 5.33 Å². The minimum absolute atomic E-state index is 0.127. The molecule has 0 aliphatic rings. The predicted octanol–water partition coefficient (Wildman–Crippen LogP) is 2.63. The van der Waals surface area contributed by atoms with Gasteiger partial charge in [-0.05, 0) is 18.2 Å². The molecule has 0 atom stereocenters. The van der Waals surface area contributed by atoms with Crippen LogP contribution in [0, 0.1) is 5.82 Å². The summed E-state index contributed by atoms with van der Waals surface area (Å²) in [5, 5.41) is 0.0924. The Morgan fingerprint density at radius 2 is 2.07 bits per heavy atom. The van der Waals surface area contributed by atoms with Crippen LogP contribution in [0.15, 0.2) is 18.2 Å². The molecule has 0 radical (unpaired) electrons. The van der Waals surface area contributed by atoms with Gasteiger partial charge in [0.25, 0.3) is 0 Å². The van der Waals surface area contributed by atoms with E-state index >= 15 is 0 Å². The van der Waals surface area contributed by atoms with Gasteiger partial charge in [-0.1, -0.05) is 27.5 Å². The van der Waals surface area contributed by atoms with Crippen LogP contribution in [0.25, 0.3) is 0 Å². The van der Waals surface area contributed by atoms with E-state index in [1.807, 2.05) is 0 Å². The van der Waals surface area contributed by atoms with Crippen LogP contribution in [0.3, 0.4) is 0 Å². The highest BCUT2D eigenvalue weighted by molar-refractivity contribution is 9.09. The van der Waals surface area contributed by atoms with E-state index in [1.54, 1.807) is 0 Å². The van der Waals surface area contributed by atoms with Crippen molar-refractivity contribution in [2.45, 2.75) is 0 Å². The Labute approximate surface area is 93.2 Å². The molecule has 5 heteroatoms. The zero-order valence-corrected chi connectivity index (χ0v) is 9.23. The number of ketones is 2. The number of carbonyl (C=O) groups is 2. The van der Waals surface area contributed by atoms with Crippen LogP contribution in [-0.4, -0.2) is 16.9 Å². The van der Waals surface area contributed by atoms with Gasteiger partial charge in [0, 0.05) is 5.02 Å². The molecular weight excluding hydrogens is 274 g/mol. The zero-order chi connectivity index (χ0) is 10.7. The number of hydrogen-bond donors (Lipinski definition) is 0. The van der Waals surface area contributed by atoms with Gasteiger partial charge in [-0.25, -0.2) is 4.39 Å².